The molecule has 0 aromatic heterocycles. The van der Waals surface area contributed by atoms with E-state index in [2.05, 4.69) is 41.8 Å². The molecule has 0 aliphatic heterocycles. The van der Waals surface area contributed by atoms with Gasteiger partial charge in [-0.3, -0.25) is 14.5 Å². The molecule has 5 nitrogen and oxygen atoms in total. The van der Waals surface area contributed by atoms with Gasteiger partial charge in [-0.25, -0.2) is 0 Å². The Balaban J connectivity index is 2.33. The molecule has 1 aromatic rings. The molecule has 0 bridgehead atoms. The van der Waals surface area contributed by atoms with Crippen LogP contribution in [0.25, 0.3) is 0 Å². The molecule has 1 aromatic carbocycles. The Morgan fingerprint density at radius 1 is 1.00 bits per heavy atom. The molecule has 2 N–H and O–H groups in total. The van der Waals surface area contributed by atoms with Gasteiger partial charge in [-0.05, 0) is 31.5 Å². The van der Waals surface area contributed by atoms with E-state index in [0.29, 0.717) is 13.1 Å². The minimum absolute atomic E-state index is 0.0334. The number of rotatable bonds is 8. The minimum Gasteiger partial charge on any atom is -0.355 e. The summed E-state index contributed by atoms with van der Waals surface area (Å²) >= 11 is 0. The average Bonchev–Trinajstić information content (AvgIpc) is 2.46. The molecule has 2 amide bonds. The van der Waals surface area contributed by atoms with Crippen LogP contribution in [0.5, 0.6) is 0 Å². The molecule has 0 spiro atoms. The van der Waals surface area contributed by atoms with Gasteiger partial charge < -0.3 is 10.6 Å². The number of carbonyl (C=O) groups is 2. The monoisotopic (exact) mass is 291 g/mol. The van der Waals surface area contributed by atoms with Crippen LogP contribution < -0.4 is 10.6 Å². The molecule has 21 heavy (non-hydrogen) atoms. The third-order valence-corrected chi connectivity index (χ3v) is 3.12. The Morgan fingerprint density at radius 3 is 2.19 bits per heavy atom. The lowest BCUT2D eigenvalue weighted by molar-refractivity contribution is -0.126. The van der Waals surface area contributed by atoms with Crippen LogP contribution >= 0.6 is 0 Å². The van der Waals surface area contributed by atoms with E-state index >= 15 is 0 Å². The van der Waals surface area contributed by atoms with Gasteiger partial charge in [0.05, 0.1) is 13.1 Å². The second-order valence-corrected chi connectivity index (χ2v) is 5.07. The van der Waals surface area contributed by atoms with Gasteiger partial charge in [-0.15, -0.1) is 0 Å². The number of amides is 2. The average molecular weight is 291 g/mol. The Morgan fingerprint density at radius 2 is 1.62 bits per heavy atom. The van der Waals surface area contributed by atoms with E-state index in [-0.39, 0.29) is 24.9 Å². The molecule has 1 rings (SSSR count). The molecule has 0 saturated carbocycles. The summed E-state index contributed by atoms with van der Waals surface area (Å²) in [4.78, 5) is 24.9. The number of nitrogens with zero attached hydrogens (tertiary/aromatic N) is 1. The summed E-state index contributed by atoms with van der Waals surface area (Å²) in [5.41, 5.74) is 2.48. The Bertz CT molecular complexity index is 457. The van der Waals surface area contributed by atoms with Gasteiger partial charge in [0.1, 0.15) is 0 Å². The van der Waals surface area contributed by atoms with E-state index < -0.39 is 0 Å². The predicted molar refractivity (Wildman–Crippen MR) is 83.8 cm³/mol. The van der Waals surface area contributed by atoms with Crippen LogP contribution in [0, 0.1) is 0 Å². The van der Waals surface area contributed by atoms with Crippen LogP contribution in [-0.4, -0.2) is 43.4 Å². The Hall–Kier alpha value is -1.88. The minimum atomic E-state index is -0.163. The molecule has 0 fully saturated rings. The predicted octanol–water partition coefficient (Wildman–Crippen LogP) is 0.933. The van der Waals surface area contributed by atoms with E-state index in [4.69, 9.17) is 0 Å². The molecule has 0 atom stereocenters. The highest BCUT2D eigenvalue weighted by molar-refractivity contribution is 5.85. The van der Waals surface area contributed by atoms with Crippen LogP contribution in [0.1, 0.15) is 25.0 Å². The fourth-order valence-corrected chi connectivity index (χ4v) is 1.99. The van der Waals surface area contributed by atoms with Crippen LogP contribution in [0.2, 0.25) is 0 Å². The molecule has 0 heterocycles. The highest BCUT2D eigenvalue weighted by atomic mass is 16.2. The van der Waals surface area contributed by atoms with Crippen molar-refractivity contribution in [3.05, 3.63) is 35.4 Å². The summed E-state index contributed by atoms with van der Waals surface area (Å²) in [5, 5.41) is 5.25. The van der Waals surface area contributed by atoms with Crippen molar-refractivity contribution in [2.75, 3.05) is 26.7 Å². The second kappa shape index (κ2) is 9.13. The number of hydrogen-bond acceptors (Lipinski definition) is 3. The summed E-state index contributed by atoms with van der Waals surface area (Å²) in [6.07, 6.45) is 1.03. The number of aryl methyl sites for hydroxylation is 1. The molecular formula is C16H25N3O2. The van der Waals surface area contributed by atoms with Gasteiger partial charge in [0, 0.05) is 13.1 Å². The van der Waals surface area contributed by atoms with Gasteiger partial charge in [0.2, 0.25) is 11.8 Å². The number of nitrogens with one attached hydrogen (secondary N) is 2. The zero-order valence-corrected chi connectivity index (χ0v) is 13.1. The SMILES string of the molecule is CCNC(=O)CNC(=O)CN(C)Cc1ccc(CC)cc1. The zero-order valence-electron chi connectivity index (χ0n) is 13.1. The van der Waals surface area contributed by atoms with Gasteiger partial charge in [0.15, 0.2) is 0 Å². The molecule has 5 heteroatoms. The second-order valence-electron chi connectivity index (χ2n) is 5.07. The van der Waals surface area contributed by atoms with Crippen molar-refractivity contribution in [3.8, 4) is 0 Å². The lowest BCUT2D eigenvalue weighted by Gasteiger charge is -2.16. The van der Waals surface area contributed by atoms with E-state index in [0.717, 1.165) is 6.42 Å². The normalized spacial score (nSPS) is 10.5. The summed E-state index contributed by atoms with van der Waals surface area (Å²) < 4.78 is 0. The summed E-state index contributed by atoms with van der Waals surface area (Å²) in [5.74, 6) is -0.308. The maximum Gasteiger partial charge on any atom is 0.239 e. The van der Waals surface area contributed by atoms with Gasteiger partial charge in [-0.2, -0.15) is 0 Å². The first-order valence-electron chi connectivity index (χ1n) is 7.34. The third-order valence-electron chi connectivity index (χ3n) is 3.12. The molecule has 0 saturated heterocycles. The highest BCUT2D eigenvalue weighted by Crippen LogP contribution is 2.07. The standard InChI is InChI=1S/C16H25N3O2/c1-4-13-6-8-14(9-7-13)11-19(3)12-16(21)18-10-15(20)17-5-2/h6-9H,4-5,10-12H2,1-3H3,(H,17,20)(H,18,21). The van der Waals surface area contributed by atoms with E-state index in [1.165, 1.54) is 11.1 Å². The summed E-state index contributed by atoms with van der Waals surface area (Å²) in [7, 11) is 1.89. The number of carbonyl (C=O) groups excluding carboxylic acids is 2. The van der Waals surface area contributed by atoms with Crippen LogP contribution in [0.4, 0.5) is 0 Å². The lowest BCUT2D eigenvalue weighted by atomic mass is 10.1. The first kappa shape index (κ1) is 17.2. The number of likely N-dealkylation sites (N-methyl/N-ethyl adjacent to an activating group) is 2. The van der Waals surface area contributed by atoms with Crippen molar-refractivity contribution < 1.29 is 9.59 Å². The molecular weight excluding hydrogens is 266 g/mol. The quantitative estimate of drug-likeness (QED) is 0.749. The van der Waals surface area contributed by atoms with Crippen molar-refractivity contribution in [2.45, 2.75) is 26.8 Å². The topological polar surface area (TPSA) is 61.4 Å². The summed E-state index contributed by atoms with van der Waals surface area (Å²) in [6.45, 7) is 5.55. The highest BCUT2D eigenvalue weighted by Gasteiger charge is 2.08. The van der Waals surface area contributed by atoms with Crippen LogP contribution in [0.3, 0.4) is 0 Å². The first-order valence-corrected chi connectivity index (χ1v) is 7.34. The third kappa shape index (κ3) is 6.90. The first-order chi connectivity index (χ1) is 10.0. The number of hydrogen-bond donors (Lipinski definition) is 2. The zero-order chi connectivity index (χ0) is 15.7. The smallest absolute Gasteiger partial charge is 0.239 e. The molecule has 0 aliphatic carbocycles. The van der Waals surface area contributed by atoms with Gasteiger partial charge in [0.25, 0.3) is 0 Å². The van der Waals surface area contributed by atoms with Gasteiger partial charge >= 0.3 is 0 Å². The Kier molecular flexibility index (Phi) is 7.46. The van der Waals surface area contributed by atoms with Gasteiger partial charge in [-0.1, -0.05) is 31.2 Å². The fourth-order valence-electron chi connectivity index (χ4n) is 1.99. The van der Waals surface area contributed by atoms with E-state index in [9.17, 15) is 9.59 Å². The lowest BCUT2D eigenvalue weighted by Crippen LogP contribution is -2.41. The van der Waals surface area contributed by atoms with Crippen LogP contribution in [0.15, 0.2) is 24.3 Å². The van der Waals surface area contributed by atoms with Crippen LogP contribution in [-0.2, 0) is 22.6 Å². The maximum atomic E-state index is 11.7. The van der Waals surface area contributed by atoms with E-state index in [1.807, 2.05) is 18.9 Å². The molecule has 116 valence electrons. The maximum absolute atomic E-state index is 11.7. The van der Waals surface area contributed by atoms with Crippen molar-refractivity contribution in [3.63, 3.8) is 0 Å². The molecule has 0 unspecified atom stereocenters. The summed E-state index contributed by atoms with van der Waals surface area (Å²) in [6, 6.07) is 8.39. The number of benzene rings is 1. The Labute approximate surface area is 126 Å². The van der Waals surface area contributed by atoms with E-state index in [1.54, 1.807) is 0 Å². The largest absolute Gasteiger partial charge is 0.355 e. The molecule has 0 radical (unpaired) electrons. The molecule has 0 aliphatic rings. The van der Waals surface area contributed by atoms with Crippen molar-refractivity contribution in [1.29, 1.82) is 0 Å². The van der Waals surface area contributed by atoms with Crippen molar-refractivity contribution >= 4 is 11.8 Å². The fraction of sp³-hybridized carbons (Fsp3) is 0.500. The van der Waals surface area contributed by atoms with Crippen molar-refractivity contribution in [1.82, 2.24) is 15.5 Å². The van der Waals surface area contributed by atoms with Crippen molar-refractivity contribution in [2.24, 2.45) is 0 Å².